The zero-order valence-corrected chi connectivity index (χ0v) is 19.0. The molecule has 168 valence electrons. The minimum Gasteiger partial charge on any atom is -0.322 e. The Balaban J connectivity index is 1.61. The topological polar surface area (TPSA) is 82.6 Å². The Morgan fingerprint density at radius 3 is 2.75 bits per heavy atom. The maximum atomic E-state index is 14.5. The van der Waals surface area contributed by atoms with E-state index in [2.05, 4.69) is 10.3 Å². The molecule has 32 heavy (non-hydrogen) atoms. The molecule has 2 aromatic carbocycles. The first-order valence-electron chi connectivity index (χ1n) is 10.1. The standard InChI is InChI=1S/C22H22ClFN4O3S/c1-27-8-3-9-28(11-10-27)32(30,31)21-13-16(5-6-19(21)24)26-22(29)17-14-20-15(12-18(17)23)4-2-7-25-20/h2,4-7,12-14H,3,8-11H2,1H3,(H,26,29). The first kappa shape index (κ1) is 22.6. The van der Waals surface area contributed by atoms with Crippen molar-refractivity contribution in [1.29, 1.82) is 0 Å². The molecule has 1 aliphatic rings. The Hall–Kier alpha value is -2.59. The molecule has 0 atom stereocenters. The molecule has 1 fully saturated rings. The average Bonchev–Trinajstić information content (AvgIpc) is 2.99. The Morgan fingerprint density at radius 2 is 1.94 bits per heavy atom. The number of sulfonamides is 1. The largest absolute Gasteiger partial charge is 0.322 e. The predicted molar refractivity (Wildman–Crippen MR) is 122 cm³/mol. The third kappa shape index (κ3) is 4.61. The second-order valence-corrected chi connectivity index (χ2v) is 10.0. The number of benzene rings is 2. The van der Waals surface area contributed by atoms with Gasteiger partial charge in [-0.05, 0) is 56.4 Å². The van der Waals surface area contributed by atoms with Gasteiger partial charge in [-0.15, -0.1) is 0 Å². The van der Waals surface area contributed by atoms with Crippen LogP contribution in [0.5, 0.6) is 0 Å². The molecule has 0 aliphatic carbocycles. The molecule has 0 bridgehead atoms. The molecule has 7 nitrogen and oxygen atoms in total. The van der Waals surface area contributed by atoms with Crippen LogP contribution in [-0.2, 0) is 10.0 Å². The fourth-order valence-electron chi connectivity index (χ4n) is 3.65. The van der Waals surface area contributed by atoms with Crippen LogP contribution in [0.2, 0.25) is 5.02 Å². The summed E-state index contributed by atoms with van der Waals surface area (Å²) in [5, 5.41) is 3.63. The van der Waals surface area contributed by atoms with Crippen molar-refractivity contribution >= 4 is 44.1 Å². The minimum atomic E-state index is -4.06. The van der Waals surface area contributed by atoms with Crippen molar-refractivity contribution in [2.24, 2.45) is 0 Å². The normalized spacial score (nSPS) is 16.1. The predicted octanol–water partition coefficient (Wildman–Crippen LogP) is 3.61. The van der Waals surface area contributed by atoms with Gasteiger partial charge in [0.25, 0.3) is 5.91 Å². The molecular weight excluding hydrogens is 455 g/mol. The number of anilines is 1. The molecule has 1 saturated heterocycles. The summed E-state index contributed by atoms with van der Waals surface area (Å²) in [6.45, 7) is 1.91. The summed E-state index contributed by atoms with van der Waals surface area (Å²) in [4.78, 5) is 18.6. The lowest BCUT2D eigenvalue weighted by atomic mass is 10.1. The SMILES string of the molecule is CN1CCCN(S(=O)(=O)c2cc(NC(=O)c3cc4ncccc4cc3Cl)ccc2F)CC1. The molecular formula is C22H22ClFN4O3S. The summed E-state index contributed by atoms with van der Waals surface area (Å²) >= 11 is 6.27. The van der Waals surface area contributed by atoms with Crippen LogP contribution in [0.3, 0.4) is 0 Å². The Bertz CT molecular complexity index is 1290. The van der Waals surface area contributed by atoms with Gasteiger partial charge in [-0.25, -0.2) is 12.8 Å². The quantitative estimate of drug-likeness (QED) is 0.622. The smallest absolute Gasteiger partial charge is 0.257 e. The van der Waals surface area contributed by atoms with Gasteiger partial charge in [-0.1, -0.05) is 17.7 Å². The number of nitrogens with one attached hydrogen (secondary N) is 1. The number of rotatable bonds is 4. The lowest BCUT2D eigenvalue weighted by Crippen LogP contribution is -2.35. The van der Waals surface area contributed by atoms with Crippen LogP contribution in [0, 0.1) is 5.82 Å². The second kappa shape index (κ2) is 9.11. The number of carbonyl (C=O) groups excluding carboxylic acids is 1. The highest BCUT2D eigenvalue weighted by molar-refractivity contribution is 7.89. The Kier molecular flexibility index (Phi) is 6.43. The van der Waals surface area contributed by atoms with Gasteiger partial charge in [-0.2, -0.15) is 4.31 Å². The fraction of sp³-hybridized carbons (Fsp3) is 0.273. The van der Waals surface area contributed by atoms with E-state index < -0.39 is 26.6 Å². The summed E-state index contributed by atoms with van der Waals surface area (Å²) in [5.41, 5.74) is 0.928. The van der Waals surface area contributed by atoms with Crippen LogP contribution in [0.1, 0.15) is 16.8 Å². The number of likely N-dealkylation sites (N-methyl/N-ethyl adjacent to an activating group) is 1. The molecule has 10 heteroatoms. The number of halogens is 2. The van der Waals surface area contributed by atoms with Crippen LogP contribution in [-0.4, -0.2) is 61.7 Å². The van der Waals surface area contributed by atoms with Gasteiger partial charge in [0, 0.05) is 36.9 Å². The van der Waals surface area contributed by atoms with Crippen LogP contribution in [0.4, 0.5) is 10.1 Å². The Morgan fingerprint density at radius 1 is 1.12 bits per heavy atom. The maximum Gasteiger partial charge on any atom is 0.257 e. The van der Waals surface area contributed by atoms with E-state index >= 15 is 0 Å². The van der Waals surface area contributed by atoms with Gasteiger partial charge in [0.15, 0.2) is 0 Å². The van der Waals surface area contributed by atoms with Crippen molar-refractivity contribution in [3.63, 3.8) is 0 Å². The number of hydrogen-bond acceptors (Lipinski definition) is 5. The van der Waals surface area contributed by atoms with Crippen molar-refractivity contribution in [2.75, 3.05) is 38.5 Å². The Labute approximate surface area is 190 Å². The van der Waals surface area contributed by atoms with Gasteiger partial charge >= 0.3 is 0 Å². The van der Waals surface area contributed by atoms with Crippen molar-refractivity contribution < 1.29 is 17.6 Å². The lowest BCUT2D eigenvalue weighted by Gasteiger charge is -2.21. The molecule has 1 aromatic heterocycles. The van der Waals surface area contributed by atoms with Crippen molar-refractivity contribution in [2.45, 2.75) is 11.3 Å². The summed E-state index contributed by atoms with van der Waals surface area (Å²) in [6.07, 6.45) is 2.26. The molecule has 0 unspecified atom stereocenters. The molecule has 0 radical (unpaired) electrons. The molecule has 1 N–H and O–H groups in total. The number of hydrogen-bond donors (Lipinski definition) is 1. The molecule has 1 amide bonds. The maximum absolute atomic E-state index is 14.5. The average molecular weight is 477 g/mol. The number of amides is 1. The van der Waals surface area contributed by atoms with E-state index in [0.717, 1.165) is 24.1 Å². The van der Waals surface area contributed by atoms with Crippen molar-refractivity contribution in [1.82, 2.24) is 14.2 Å². The lowest BCUT2D eigenvalue weighted by molar-refractivity contribution is 0.102. The third-order valence-electron chi connectivity index (χ3n) is 5.42. The highest BCUT2D eigenvalue weighted by Crippen LogP contribution is 2.27. The molecule has 0 spiro atoms. The fourth-order valence-corrected chi connectivity index (χ4v) is 5.46. The molecule has 4 rings (SSSR count). The summed E-state index contributed by atoms with van der Waals surface area (Å²) in [6, 6.07) is 10.3. The highest BCUT2D eigenvalue weighted by Gasteiger charge is 2.29. The first-order valence-corrected chi connectivity index (χ1v) is 11.9. The van der Waals surface area contributed by atoms with E-state index in [1.807, 2.05) is 18.0 Å². The van der Waals surface area contributed by atoms with Crippen molar-refractivity contribution in [3.05, 3.63) is 65.1 Å². The summed E-state index contributed by atoms with van der Waals surface area (Å²) < 4.78 is 42.0. The zero-order valence-electron chi connectivity index (χ0n) is 17.4. The van der Waals surface area contributed by atoms with Gasteiger partial charge < -0.3 is 10.2 Å². The van der Waals surface area contributed by atoms with Gasteiger partial charge in [0.2, 0.25) is 10.0 Å². The monoisotopic (exact) mass is 476 g/mol. The second-order valence-electron chi connectivity index (χ2n) is 7.69. The van der Waals surface area contributed by atoms with E-state index in [-0.39, 0.29) is 22.8 Å². The number of aromatic nitrogens is 1. The number of fused-ring (bicyclic) bond motifs is 1. The number of nitrogens with zero attached hydrogens (tertiary/aromatic N) is 3. The van der Waals surface area contributed by atoms with E-state index in [0.29, 0.717) is 25.0 Å². The van der Waals surface area contributed by atoms with Gasteiger partial charge in [0.05, 0.1) is 16.1 Å². The van der Waals surface area contributed by atoms with E-state index in [1.165, 1.54) is 10.4 Å². The number of pyridine rings is 1. The van der Waals surface area contributed by atoms with Crippen LogP contribution in [0.25, 0.3) is 10.9 Å². The van der Waals surface area contributed by atoms with E-state index in [4.69, 9.17) is 11.6 Å². The summed E-state index contributed by atoms with van der Waals surface area (Å²) in [7, 11) is -2.14. The molecule has 1 aliphatic heterocycles. The first-order chi connectivity index (χ1) is 15.3. The van der Waals surface area contributed by atoms with Gasteiger partial charge in [0.1, 0.15) is 10.7 Å². The number of carbonyl (C=O) groups is 1. The van der Waals surface area contributed by atoms with Crippen LogP contribution < -0.4 is 5.32 Å². The minimum absolute atomic E-state index is 0.152. The van der Waals surface area contributed by atoms with Crippen LogP contribution >= 0.6 is 11.6 Å². The van der Waals surface area contributed by atoms with Gasteiger partial charge in [-0.3, -0.25) is 9.78 Å². The van der Waals surface area contributed by atoms with Crippen LogP contribution in [0.15, 0.2) is 53.6 Å². The van der Waals surface area contributed by atoms with E-state index in [1.54, 1.807) is 24.4 Å². The highest BCUT2D eigenvalue weighted by atomic mass is 35.5. The summed E-state index contributed by atoms with van der Waals surface area (Å²) in [5.74, 6) is -1.41. The molecule has 2 heterocycles. The molecule has 0 saturated carbocycles. The molecule has 3 aromatic rings. The zero-order chi connectivity index (χ0) is 22.9. The van der Waals surface area contributed by atoms with Crippen molar-refractivity contribution in [3.8, 4) is 0 Å². The van der Waals surface area contributed by atoms with E-state index in [9.17, 15) is 17.6 Å². The third-order valence-corrected chi connectivity index (χ3v) is 7.65.